The van der Waals surface area contributed by atoms with Gasteiger partial charge in [-0.3, -0.25) is 0 Å². The molecule has 0 aliphatic heterocycles. The van der Waals surface area contributed by atoms with Crippen LogP contribution in [0, 0.1) is 0 Å². The number of fused-ring (bicyclic) bond motifs is 3. The van der Waals surface area contributed by atoms with Gasteiger partial charge in [0.15, 0.2) is 0 Å². The van der Waals surface area contributed by atoms with E-state index in [1.54, 1.807) is 17.6 Å². The molecular formula is C21H22Cl2HfZr. The summed E-state index contributed by atoms with van der Waals surface area (Å²) in [5.41, 5.74) is 6.09. The number of rotatable bonds is 2. The smallest absolute Gasteiger partial charge is 0 e. The summed E-state index contributed by atoms with van der Waals surface area (Å²) < 4.78 is 4.11. The van der Waals surface area contributed by atoms with Gasteiger partial charge in [-0.25, -0.2) is 0 Å². The molecule has 0 saturated carbocycles. The standard InChI is InChI=1S/C13H9.C5H5.C3H6.2ClH.Hf.Zr/c1-3-7-12-10(5-1)9-11-6-2-4-8-13(11)12;1-2-4-5-3-1;1-3-2;;;;/h1-9H;1-3H,4H2;1-2H3;2*1H;;. The molecule has 128 valence electrons. The molecule has 2 aromatic carbocycles. The topological polar surface area (TPSA) is 0 Å². The van der Waals surface area contributed by atoms with Crippen molar-refractivity contribution in [3.8, 4) is 11.1 Å². The summed E-state index contributed by atoms with van der Waals surface area (Å²) in [5.74, 6) is 0. The summed E-state index contributed by atoms with van der Waals surface area (Å²) in [6, 6.07) is 18.1. The van der Waals surface area contributed by atoms with Crippen molar-refractivity contribution < 1.29 is 47.1 Å². The number of benzene rings is 2. The molecule has 0 unspecified atom stereocenters. The normalized spacial score (nSPS) is 13.6. The van der Waals surface area contributed by atoms with Crippen molar-refractivity contribution in [2.75, 3.05) is 0 Å². The number of hydrogen-bond acceptors (Lipinski definition) is 0. The van der Waals surface area contributed by atoms with E-state index in [9.17, 15) is 0 Å². The van der Waals surface area contributed by atoms with Gasteiger partial charge in [-0.15, -0.1) is 24.8 Å². The van der Waals surface area contributed by atoms with Crippen LogP contribution in [0.15, 0.2) is 70.0 Å². The van der Waals surface area contributed by atoms with E-state index >= 15 is 0 Å². The van der Waals surface area contributed by atoms with Crippen LogP contribution in [-0.2, 0) is 47.1 Å². The van der Waals surface area contributed by atoms with E-state index in [-0.39, 0.29) is 50.7 Å². The van der Waals surface area contributed by atoms with Crippen LogP contribution in [0.2, 0.25) is 0 Å². The number of hydrogen-bond donors (Lipinski definition) is 0. The Morgan fingerprint density at radius 2 is 1.40 bits per heavy atom. The molecule has 0 spiro atoms. The monoisotopic (exact) mass is 614 g/mol. The first-order chi connectivity index (χ1) is 10.8. The Kier molecular flexibility index (Phi) is 9.16. The molecule has 4 heteroatoms. The van der Waals surface area contributed by atoms with E-state index in [0.29, 0.717) is 3.63 Å². The van der Waals surface area contributed by atoms with Crippen molar-refractivity contribution in [1.82, 2.24) is 0 Å². The van der Waals surface area contributed by atoms with Crippen LogP contribution in [-0.4, -0.2) is 3.21 Å². The first-order valence-corrected chi connectivity index (χ1v) is 11.9. The van der Waals surface area contributed by atoms with Crippen molar-refractivity contribution in [2.45, 2.75) is 23.9 Å². The summed E-state index contributed by atoms with van der Waals surface area (Å²) >= 11 is -1.87. The molecule has 0 atom stereocenters. The van der Waals surface area contributed by atoms with Crippen LogP contribution in [0.5, 0.6) is 0 Å². The largest absolute Gasteiger partial charge is 0.147 e. The maximum Gasteiger partial charge on any atom is 0 e. The zero-order valence-corrected chi connectivity index (χ0v) is 22.1. The van der Waals surface area contributed by atoms with E-state index in [1.165, 1.54) is 17.5 Å². The molecule has 0 saturated heterocycles. The molecule has 0 bridgehead atoms. The molecule has 25 heavy (non-hydrogen) atoms. The van der Waals surface area contributed by atoms with Crippen LogP contribution in [0.25, 0.3) is 11.1 Å². The van der Waals surface area contributed by atoms with E-state index in [0.717, 1.165) is 0 Å². The predicted octanol–water partition coefficient (Wildman–Crippen LogP) is 6.27. The molecule has 2 aromatic rings. The van der Waals surface area contributed by atoms with Crippen molar-refractivity contribution in [3.05, 3.63) is 81.2 Å². The third kappa shape index (κ3) is 4.18. The number of halogens is 2. The second kappa shape index (κ2) is 9.88. The van der Waals surface area contributed by atoms with Crippen LogP contribution < -0.4 is 0 Å². The average Bonchev–Trinajstić information content (AvgIpc) is 3.16. The molecule has 0 amide bonds. The van der Waals surface area contributed by atoms with Gasteiger partial charge < -0.3 is 0 Å². The van der Waals surface area contributed by atoms with Crippen molar-refractivity contribution in [3.63, 3.8) is 0 Å². The third-order valence-electron chi connectivity index (χ3n) is 4.78. The maximum atomic E-state index is 2.41. The fourth-order valence-corrected chi connectivity index (χ4v) is 12.1. The Balaban J connectivity index is 0.00000104. The predicted molar refractivity (Wildman–Crippen MR) is 106 cm³/mol. The third-order valence-corrected chi connectivity index (χ3v) is 13.0. The van der Waals surface area contributed by atoms with Gasteiger partial charge in [-0.05, 0) is 0 Å². The van der Waals surface area contributed by atoms with Gasteiger partial charge in [0.1, 0.15) is 0 Å². The minimum atomic E-state index is -1.87. The van der Waals surface area contributed by atoms with Gasteiger partial charge >= 0.3 is 141 Å². The van der Waals surface area contributed by atoms with E-state index in [4.69, 9.17) is 0 Å². The molecule has 2 aliphatic rings. The van der Waals surface area contributed by atoms with E-state index < -0.39 is 21.3 Å². The molecule has 4 rings (SSSR count). The SMILES string of the molecule is C[C](C)=[Zr]([C]1=CC=CC1)[CH]1c2ccccc2-c2ccccc21.Cl.Cl.[Hf]. The van der Waals surface area contributed by atoms with Crippen molar-refractivity contribution >= 4 is 28.0 Å². The Morgan fingerprint density at radius 3 is 1.84 bits per heavy atom. The van der Waals surface area contributed by atoms with Gasteiger partial charge in [0.2, 0.25) is 0 Å². The summed E-state index contributed by atoms with van der Waals surface area (Å²) in [5, 5.41) is 0. The van der Waals surface area contributed by atoms with Gasteiger partial charge in [-0.2, -0.15) is 0 Å². The van der Waals surface area contributed by atoms with Gasteiger partial charge in [-0.1, -0.05) is 0 Å². The molecule has 0 nitrogen and oxygen atoms in total. The summed E-state index contributed by atoms with van der Waals surface area (Å²) in [6.45, 7) is 4.74. The Hall–Kier alpha value is 0.123. The molecule has 0 aromatic heterocycles. The van der Waals surface area contributed by atoms with Crippen LogP contribution >= 0.6 is 24.8 Å². The van der Waals surface area contributed by atoms with E-state index in [1.807, 2.05) is 0 Å². The van der Waals surface area contributed by atoms with Crippen LogP contribution in [0.1, 0.15) is 35.0 Å². The molecule has 0 radical (unpaired) electrons. The first kappa shape index (κ1) is 23.2. The summed E-state index contributed by atoms with van der Waals surface area (Å²) in [4.78, 5) is 0. The molecule has 2 aliphatic carbocycles. The zero-order valence-electron chi connectivity index (χ0n) is 14.5. The average molecular weight is 615 g/mol. The minimum absolute atomic E-state index is 0. The van der Waals surface area contributed by atoms with Crippen molar-refractivity contribution in [2.24, 2.45) is 0 Å². The quantitative estimate of drug-likeness (QED) is 0.350. The van der Waals surface area contributed by atoms with Crippen LogP contribution in [0.4, 0.5) is 0 Å². The Morgan fingerprint density at radius 1 is 0.880 bits per heavy atom. The minimum Gasteiger partial charge on any atom is -0.147 e. The molecule has 0 fully saturated rings. The molecular weight excluding hydrogens is 593 g/mol. The second-order valence-electron chi connectivity index (χ2n) is 6.35. The van der Waals surface area contributed by atoms with Gasteiger partial charge in [0, 0.05) is 25.8 Å². The van der Waals surface area contributed by atoms with Gasteiger partial charge in [0.05, 0.1) is 0 Å². The number of allylic oxidation sites excluding steroid dienone is 4. The van der Waals surface area contributed by atoms with Gasteiger partial charge in [0.25, 0.3) is 0 Å². The van der Waals surface area contributed by atoms with E-state index in [2.05, 4.69) is 80.6 Å². The van der Waals surface area contributed by atoms with Crippen LogP contribution in [0.3, 0.4) is 0 Å². The zero-order chi connectivity index (χ0) is 15.1. The molecule has 0 heterocycles. The first-order valence-electron chi connectivity index (χ1n) is 7.99. The molecule has 0 N–H and O–H groups in total. The summed E-state index contributed by atoms with van der Waals surface area (Å²) in [6.07, 6.45) is 8.17. The maximum absolute atomic E-state index is 2.41. The fourth-order valence-electron chi connectivity index (χ4n) is 3.91. The Labute approximate surface area is 189 Å². The Bertz CT molecular complexity index is 803. The summed E-state index contributed by atoms with van der Waals surface area (Å²) in [7, 11) is 0. The fraction of sp³-hybridized carbons (Fsp3) is 0.190. The van der Waals surface area contributed by atoms with Crippen molar-refractivity contribution in [1.29, 1.82) is 0 Å². The second-order valence-corrected chi connectivity index (χ2v) is 13.8.